The second-order valence-corrected chi connectivity index (χ2v) is 4.98. The first-order valence-corrected chi connectivity index (χ1v) is 6.19. The summed E-state index contributed by atoms with van der Waals surface area (Å²) in [5.74, 6) is 0.163. The van der Waals surface area contributed by atoms with Gasteiger partial charge in [0.05, 0.1) is 12.0 Å². The average Bonchev–Trinajstić information content (AvgIpc) is 3.10. The van der Waals surface area contributed by atoms with Crippen molar-refractivity contribution in [2.75, 3.05) is 6.61 Å². The molecule has 0 aromatic carbocycles. The fourth-order valence-electron chi connectivity index (χ4n) is 1.63. The van der Waals surface area contributed by atoms with E-state index in [9.17, 15) is 4.79 Å². The van der Waals surface area contributed by atoms with E-state index in [4.69, 9.17) is 4.74 Å². The maximum absolute atomic E-state index is 11.9. The third-order valence-corrected chi connectivity index (χ3v) is 3.39. The second kappa shape index (κ2) is 4.10. The molecule has 1 fully saturated rings. The molecule has 0 amide bonds. The molecule has 1 aliphatic rings. The second-order valence-electron chi connectivity index (χ2n) is 4.12. The minimum Gasteiger partial charge on any atom is -0.461 e. The first-order valence-electron chi connectivity index (χ1n) is 5.40. The van der Waals surface area contributed by atoms with E-state index in [1.165, 1.54) is 6.33 Å². The number of nitrogens with zero attached hydrogens (tertiary/aromatic N) is 2. The standard InChI is InChI=1S/C11H10BrN3O2/c12-7-3-13-10-8(7)9(14-5-15-10)11(16)17-4-6-1-2-6/h3,5-6H,1-2,4H2,(H,13,14,15). The summed E-state index contributed by atoms with van der Waals surface area (Å²) in [7, 11) is 0. The zero-order valence-corrected chi connectivity index (χ0v) is 10.5. The first kappa shape index (κ1) is 10.7. The van der Waals surface area contributed by atoms with Crippen LogP contribution < -0.4 is 0 Å². The van der Waals surface area contributed by atoms with Crippen molar-refractivity contribution in [3.63, 3.8) is 0 Å². The molecule has 5 nitrogen and oxygen atoms in total. The topological polar surface area (TPSA) is 67.9 Å². The number of ether oxygens (including phenoxy) is 1. The number of hydrogen-bond acceptors (Lipinski definition) is 4. The van der Waals surface area contributed by atoms with Gasteiger partial charge in [0.1, 0.15) is 12.0 Å². The third kappa shape index (κ3) is 2.04. The van der Waals surface area contributed by atoms with Crippen molar-refractivity contribution in [2.45, 2.75) is 12.8 Å². The molecule has 0 radical (unpaired) electrons. The highest BCUT2D eigenvalue weighted by atomic mass is 79.9. The van der Waals surface area contributed by atoms with Crippen LogP contribution in [0.25, 0.3) is 11.0 Å². The maximum atomic E-state index is 11.9. The molecular formula is C11H10BrN3O2. The van der Waals surface area contributed by atoms with Gasteiger partial charge in [-0.1, -0.05) is 0 Å². The van der Waals surface area contributed by atoms with Gasteiger partial charge in [0.2, 0.25) is 0 Å². The highest BCUT2D eigenvalue weighted by molar-refractivity contribution is 9.10. The Labute approximate surface area is 106 Å². The van der Waals surface area contributed by atoms with Gasteiger partial charge in [-0.05, 0) is 34.7 Å². The van der Waals surface area contributed by atoms with Crippen molar-refractivity contribution in [3.8, 4) is 0 Å². The minimum atomic E-state index is -0.385. The zero-order valence-electron chi connectivity index (χ0n) is 8.94. The monoisotopic (exact) mass is 295 g/mol. The van der Waals surface area contributed by atoms with Gasteiger partial charge >= 0.3 is 5.97 Å². The molecule has 0 spiro atoms. The number of rotatable bonds is 3. The molecule has 1 aliphatic carbocycles. The molecule has 6 heteroatoms. The number of halogens is 1. The van der Waals surface area contributed by atoms with Crippen LogP contribution in [-0.2, 0) is 4.74 Å². The maximum Gasteiger partial charge on any atom is 0.357 e. The van der Waals surface area contributed by atoms with Crippen LogP contribution in [0.3, 0.4) is 0 Å². The Hall–Kier alpha value is -1.43. The van der Waals surface area contributed by atoms with Crippen LogP contribution in [0, 0.1) is 5.92 Å². The van der Waals surface area contributed by atoms with Gasteiger partial charge in [-0.3, -0.25) is 0 Å². The molecule has 3 rings (SSSR count). The quantitative estimate of drug-likeness (QED) is 0.882. The van der Waals surface area contributed by atoms with Crippen molar-refractivity contribution < 1.29 is 9.53 Å². The van der Waals surface area contributed by atoms with Gasteiger partial charge in [-0.25, -0.2) is 14.8 Å². The van der Waals surface area contributed by atoms with Gasteiger partial charge in [0, 0.05) is 10.7 Å². The van der Waals surface area contributed by atoms with Crippen molar-refractivity contribution in [1.82, 2.24) is 15.0 Å². The predicted octanol–water partition coefficient (Wildman–Crippen LogP) is 2.29. The average molecular weight is 296 g/mol. The number of aromatic nitrogens is 3. The van der Waals surface area contributed by atoms with E-state index in [1.54, 1.807) is 6.20 Å². The summed E-state index contributed by atoms with van der Waals surface area (Å²) in [5, 5.41) is 0.674. The summed E-state index contributed by atoms with van der Waals surface area (Å²) >= 11 is 3.36. The molecule has 1 N–H and O–H groups in total. The van der Waals surface area contributed by atoms with E-state index >= 15 is 0 Å². The molecule has 0 aliphatic heterocycles. The van der Waals surface area contributed by atoms with Crippen LogP contribution in [0.1, 0.15) is 23.3 Å². The lowest BCUT2D eigenvalue weighted by Gasteiger charge is -2.03. The molecule has 2 aromatic heterocycles. The lowest BCUT2D eigenvalue weighted by molar-refractivity contribution is 0.0481. The number of nitrogens with one attached hydrogen (secondary N) is 1. The number of aromatic amines is 1. The Morgan fingerprint density at radius 1 is 1.53 bits per heavy atom. The fourth-order valence-corrected chi connectivity index (χ4v) is 2.12. The SMILES string of the molecule is O=C(OCC1CC1)c1ncnc2[nH]cc(Br)c12. The number of fused-ring (bicyclic) bond motifs is 1. The van der Waals surface area contributed by atoms with Crippen LogP contribution in [0.5, 0.6) is 0 Å². The normalized spacial score (nSPS) is 15.1. The minimum absolute atomic E-state index is 0.309. The van der Waals surface area contributed by atoms with Crippen molar-refractivity contribution in [3.05, 3.63) is 22.7 Å². The summed E-state index contributed by atoms with van der Waals surface area (Å²) < 4.78 is 5.99. The highest BCUT2D eigenvalue weighted by Gasteiger charge is 2.25. The summed E-state index contributed by atoms with van der Waals surface area (Å²) in [5.41, 5.74) is 0.939. The zero-order chi connectivity index (χ0) is 11.8. The fraction of sp³-hybridized carbons (Fsp3) is 0.364. The lowest BCUT2D eigenvalue weighted by Crippen LogP contribution is -2.10. The summed E-state index contributed by atoms with van der Waals surface area (Å²) in [4.78, 5) is 22.9. The lowest BCUT2D eigenvalue weighted by atomic mass is 10.3. The molecular weight excluding hydrogens is 286 g/mol. The Morgan fingerprint density at radius 3 is 3.12 bits per heavy atom. The summed E-state index contributed by atoms with van der Waals surface area (Å²) in [6.45, 7) is 0.492. The van der Waals surface area contributed by atoms with E-state index < -0.39 is 0 Å². The molecule has 0 saturated heterocycles. The highest BCUT2D eigenvalue weighted by Crippen LogP contribution is 2.30. The van der Waals surface area contributed by atoms with Crippen LogP contribution in [0.4, 0.5) is 0 Å². The smallest absolute Gasteiger partial charge is 0.357 e. The van der Waals surface area contributed by atoms with E-state index in [2.05, 4.69) is 30.9 Å². The molecule has 17 heavy (non-hydrogen) atoms. The van der Waals surface area contributed by atoms with Crippen LogP contribution in [0.2, 0.25) is 0 Å². The predicted molar refractivity (Wildman–Crippen MR) is 64.6 cm³/mol. The Kier molecular flexibility index (Phi) is 2.58. The van der Waals surface area contributed by atoms with Crippen LogP contribution in [0.15, 0.2) is 17.0 Å². The largest absolute Gasteiger partial charge is 0.461 e. The van der Waals surface area contributed by atoms with Gasteiger partial charge in [0.25, 0.3) is 0 Å². The van der Waals surface area contributed by atoms with Crippen LogP contribution >= 0.6 is 15.9 Å². The molecule has 0 unspecified atom stereocenters. The van der Waals surface area contributed by atoms with E-state index in [1.807, 2.05) is 0 Å². The third-order valence-electron chi connectivity index (χ3n) is 2.76. The molecule has 0 atom stereocenters. The Balaban J connectivity index is 1.92. The molecule has 2 heterocycles. The number of H-pyrrole nitrogens is 1. The number of esters is 1. The molecule has 2 aromatic rings. The van der Waals surface area contributed by atoms with Crippen LogP contribution in [-0.4, -0.2) is 27.5 Å². The molecule has 0 bridgehead atoms. The van der Waals surface area contributed by atoms with Crippen molar-refractivity contribution >= 4 is 32.9 Å². The number of carbonyl (C=O) groups excluding carboxylic acids is 1. The molecule has 88 valence electrons. The van der Waals surface area contributed by atoms with E-state index in [0.717, 1.165) is 17.3 Å². The summed E-state index contributed by atoms with van der Waals surface area (Å²) in [6.07, 6.45) is 5.40. The molecule has 1 saturated carbocycles. The van der Waals surface area contributed by atoms with Crippen molar-refractivity contribution in [1.29, 1.82) is 0 Å². The number of hydrogen-bond donors (Lipinski definition) is 1. The number of carbonyl (C=O) groups is 1. The van der Waals surface area contributed by atoms with Crippen molar-refractivity contribution in [2.24, 2.45) is 5.92 Å². The first-order chi connectivity index (χ1) is 8.25. The van der Waals surface area contributed by atoms with E-state index in [0.29, 0.717) is 29.3 Å². The van der Waals surface area contributed by atoms with Gasteiger partial charge < -0.3 is 9.72 Å². The van der Waals surface area contributed by atoms with Gasteiger partial charge in [-0.15, -0.1) is 0 Å². The Bertz CT molecular complexity index is 577. The van der Waals surface area contributed by atoms with Gasteiger partial charge in [0.15, 0.2) is 5.69 Å². The van der Waals surface area contributed by atoms with E-state index in [-0.39, 0.29) is 5.97 Å². The summed E-state index contributed by atoms with van der Waals surface area (Å²) in [6, 6.07) is 0. The Morgan fingerprint density at radius 2 is 2.35 bits per heavy atom. The van der Waals surface area contributed by atoms with Gasteiger partial charge in [-0.2, -0.15) is 0 Å².